The summed E-state index contributed by atoms with van der Waals surface area (Å²) in [7, 11) is 0. The Morgan fingerprint density at radius 1 is 1.19 bits per heavy atom. The lowest BCUT2D eigenvalue weighted by Gasteiger charge is -2.30. The second-order valence-corrected chi connectivity index (χ2v) is 9.18. The van der Waals surface area contributed by atoms with E-state index >= 15 is 4.39 Å². The highest BCUT2D eigenvalue weighted by atomic mass is 19.3. The molecule has 31 heavy (non-hydrogen) atoms. The molecule has 3 N–H and O–H groups in total. The normalized spacial score (nSPS) is 20.8. The zero-order valence-electron chi connectivity index (χ0n) is 17.6. The van der Waals surface area contributed by atoms with Crippen molar-refractivity contribution < 1.29 is 23.4 Å². The van der Waals surface area contributed by atoms with Gasteiger partial charge in [0.15, 0.2) is 5.82 Å². The zero-order valence-corrected chi connectivity index (χ0v) is 17.6. The number of alkyl halides is 2. The van der Waals surface area contributed by atoms with Crippen LogP contribution in [0.3, 0.4) is 0 Å². The summed E-state index contributed by atoms with van der Waals surface area (Å²) in [4.78, 5) is 28.6. The van der Waals surface area contributed by atoms with Crippen LogP contribution in [0.1, 0.15) is 56.7 Å². The van der Waals surface area contributed by atoms with Crippen LogP contribution in [0, 0.1) is 18.7 Å². The van der Waals surface area contributed by atoms with Gasteiger partial charge >= 0.3 is 5.69 Å². The summed E-state index contributed by atoms with van der Waals surface area (Å²) in [5.41, 5.74) is -3.92. The molecule has 0 bridgehead atoms. The molecule has 0 radical (unpaired) electrons. The third kappa shape index (κ3) is 3.55. The molecule has 170 valence electrons. The van der Waals surface area contributed by atoms with Crippen molar-refractivity contribution in [2.75, 3.05) is 18.0 Å². The number of aromatic amines is 1. The maximum atomic E-state index is 15.5. The molecule has 1 aliphatic carbocycles. The first kappa shape index (κ1) is 21.9. The molecule has 2 aliphatic rings. The van der Waals surface area contributed by atoms with E-state index < -0.39 is 52.1 Å². The van der Waals surface area contributed by atoms with Gasteiger partial charge in [-0.3, -0.25) is 14.3 Å². The maximum absolute atomic E-state index is 15.5. The molecule has 0 amide bonds. The monoisotopic (exact) mass is 441 g/mol. The number of aryl methyl sites for hydroxylation is 1. The van der Waals surface area contributed by atoms with E-state index in [1.165, 1.54) is 25.3 Å². The van der Waals surface area contributed by atoms with E-state index in [1.807, 2.05) is 0 Å². The van der Waals surface area contributed by atoms with Crippen molar-refractivity contribution in [2.45, 2.75) is 64.2 Å². The van der Waals surface area contributed by atoms with E-state index in [1.54, 1.807) is 4.90 Å². The average molecular weight is 441 g/mol. The quantitative estimate of drug-likeness (QED) is 0.662. The summed E-state index contributed by atoms with van der Waals surface area (Å²) < 4.78 is 44.7. The molecule has 1 aliphatic heterocycles. The Balaban J connectivity index is 1.94. The van der Waals surface area contributed by atoms with E-state index in [0.29, 0.717) is 19.3 Å². The van der Waals surface area contributed by atoms with Crippen LogP contribution in [0.2, 0.25) is 0 Å². The number of nitrogens with one attached hydrogen (secondary N) is 1. The predicted octanol–water partition coefficient (Wildman–Crippen LogP) is 2.37. The Labute approximate surface area is 176 Å². The summed E-state index contributed by atoms with van der Waals surface area (Å²) in [6.07, 6.45) is -2.57. The van der Waals surface area contributed by atoms with E-state index in [-0.39, 0.29) is 35.9 Å². The van der Waals surface area contributed by atoms with Gasteiger partial charge in [0.1, 0.15) is 0 Å². The molecule has 2 heterocycles. The Kier molecular flexibility index (Phi) is 5.20. The van der Waals surface area contributed by atoms with E-state index in [9.17, 15) is 28.6 Å². The summed E-state index contributed by atoms with van der Waals surface area (Å²) in [5.74, 6) is -1.58. The topological polar surface area (TPSA) is 98.6 Å². The molecule has 7 nitrogen and oxygen atoms in total. The summed E-state index contributed by atoms with van der Waals surface area (Å²) >= 11 is 0. The molecule has 2 fully saturated rings. The van der Waals surface area contributed by atoms with Crippen LogP contribution in [0.15, 0.2) is 9.59 Å². The van der Waals surface area contributed by atoms with Gasteiger partial charge in [0.05, 0.1) is 33.9 Å². The lowest BCUT2D eigenvalue weighted by Crippen LogP contribution is -2.42. The first-order valence-corrected chi connectivity index (χ1v) is 10.4. The fraction of sp³-hybridized carbons (Fsp3) is 0.619. The molecule has 0 spiro atoms. The number of rotatable bonds is 5. The predicted molar refractivity (Wildman–Crippen MR) is 109 cm³/mol. The fourth-order valence-electron chi connectivity index (χ4n) is 4.77. The van der Waals surface area contributed by atoms with Crippen molar-refractivity contribution in [1.29, 1.82) is 0 Å². The van der Waals surface area contributed by atoms with Crippen LogP contribution in [0.5, 0.6) is 0 Å². The molecule has 2 aromatic rings. The minimum atomic E-state index is -3.26. The van der Waals surface area contributed by atoms with Gasteiger partial charge in [-0.15, -0.1) is 0 Å². The van der Waals surface area contributed by atoms with Crippen molar-refractivity contribution in [3.05, 3.63) is 37.8 Å². The van der Waals surface area contributed by atoms with Crippen LogP contribution in [0.25, 0.3) is 10.9 Å². The van der Waals surface area contributed by atoms with E-state index in [2.05, 4.69) is 4.98 Å². The number of hydrogen-bond donors (Lipinski definition) is 3. The van der Waals surface area contributed by atoms with Gasteiger partial charge in [0.2, 0.25) is 0 Å². The number of hydrogen-bond acceptors (Lipinski definition) is 5. The highest BCUT2D eigenvalue weighted by molar-refractivity contribution is 5.90. The van der Waals surface area contributed by atoms with Crippen molar-refractivity contribution in [3.8, 4) is 0 Å². The van der Waals surface area contributed by atoms with Gasteiger partial charge in [-0.25, -0.2) is 18.0 Å². The molecular formula is C21H26F3N3O4. The average Bonchev–Trinajstić information content (AvgIpc) is 3.38. The summed E-state index contributed by atoms with van der Waals surface area (Å²) in [5, 5.41) is 20.0. The molecule has 1 saturated carbocycles. The van der Waals surface area contributed by atoms with Gasteiger partial charge in [-0.2, -0.15) is 0 Å². The van der Waals surface area contributed by atoms with Crippen LogP contribution in [-0.4, -0.2) is 44.6 Å². The van der Waals surface area contributed by atoms with E-state index in [0.717, 1.165) is 0 Å². The van der Waals surface area contributed by atoms with Crippen LogP contribution < -0.4 is 16.1 Å². The highest BCUT2D eigenvalue weighted by Gasteiger charge is 2.39. The number of halogens is 3. The Bertz CT molecular complexity index is 1150. The minimum Gasteiger partial charge on any atom is -0.390 e. The largest absolute Gasteiger partial charge is 0.390 e. The molecule has 10 heteroatoms. The van der Waals surface area contributed by atoms with Crippen molar-refractivity contribution in [3.63, 3.8) is 0 Å². The first-order chi connectivity index (χ1) is 14.4. The Morgan fingerprint density at radius 3 is 2.39 bits per heavy atom. The van der Waals surface area contributed by atoms with Crippen LogP contribution >= 0.6 is 0 Å². The standard InChI is InChI=1S/C21H26F3N3O4/c1-9-15-13(19(29)25-20(30)27(15)11-4-5-11)12(18(23)24)14(22)16(9)26-7-6-10(8-26)17(28)21(2,3)31/h10-11,17-18,28,31H,4-8H2,1-3H3,(H,25,29,30). The fourth-order valence-corrected chi connectivity index (χ4v) is 4.77. The Morgan fingerprint density at radius 2 is 1.84 bits per heavy atom. The van der Waals surface area contributed by atoms with Gasteiger partial charge in [-0.05, 0) is 40.0 Å². The van der Waals surface area contributed by atoms with Gasteiger partial charge < -0.3 is 15.1 Å². The number of aromatic nitrogens is 2. The third-order valence-electron chi connectivity index (χ3n) is 6.41. The number of H-pyrrole nitrogens is 1. The van der Waals surface area contributed by atoms with Crippen molar-refractivity contribution in [2.24, 2.45) is 5.92 Å². The molecule has 2 atom stereocenters. The summed E-state index contributed by atoms with van der Waals surface area (Å²) in [6.45, 7) is 4.89. The second kappa shape index (κ2) is 7.37. The SMILES string of the molecule is Cc1c(N2CCC(C(O)C(C)(C)O)C2)c(F)c(C(F)F)c2c(=O)[nH]c(=O)n(C3CC3)c12. The van der Waals surface area contributed by atoms with E-state index in [4.69, 9.17) is 0 Å². The molecule has 1 aromatic heterocycles. The van der Waals surface area contributed by atoms with Crippen LogP contribution in [0.4, 0.5) is 18.9 Å². The zero-order chi connectivity index (χ0) is 22.8. The first-order valence-electron chi connectivity index (χ1n) is 10.4. The van der Waals surface area contributed by atoms with Gasteiger partial charge in [0, 0.05) is 30.6 Å². The lowest BCUT2D eigenvalue weighted by molar-refractivity contribution is -0.0723. The number of anilines is 1. The van der Waals surface area contributed by atoms with Crippen molar-refractivity contribution >= 4 is 16.6 Å². The Hall–Kier alpha value is -2.33. The number of nitrogens with zero attached hydrogens (tertiary/aromatic N) is 2. The lowest BCUT2D eigenvalue weighted by atomic mass is 9.89. The molecular weight excluding hydrogens is 415 g/mol. The number of aliphatic hydroxyl groups is 2. The molecule has 2 unspecified atom stereocenters. The summed E-state index contributed by atoms with van der Waals surface area (Å²) in [6, 6.07) is -0.224. The molecule has 1 saturated heterocycles. The number of fused-ring (bicyclic) bond motifs is 1. The number of aliphatic hydroxyl groups excluding tert-OH is 1. The maximum Gasteiger partial charge on any atom is 0.329 e. The van der Waals surface area contributed by atoms with Gasteiger partial charge in [0.25, 0.3) is 12.0 Å². The van der Waals surface area contributed by atoms with Gasteiger partial charge in [-0.1, -0.05) is 0 Å². The number of benzene rings is 1. The molecule has 1 aromatic carbocycles. The highest BCUT2D eigenvalue weighted by Crippen LogP contribution is 2.43. The smallest absolute Gasteiger partial charge is 0.329 e. The third-order valence-corrected chi connectivity index (χ3v) is 6.41. The molecule has 4 rings (SSSR count). The van der Waals surface area contributed by atoms with Crippen molar-refractivity contribution in [1.82, 2.24) is 9.55 Å². The second-order valence-electron chi connectivity index (χ2n) is 9.18. The van der Waals surface area contributed by atoms with Crippen LogP contribution in [-0.2, 0) is 0 Å². The minimum absolute atomic E-state index is 0.0365.